The molecule has 1 N–H and O–H groups in total. The summed E-state index contributed by atoms with van der Waals surface area (Å²) in [6.07, 6.45) is 5.20. The van der Waals surface area contributed by atoms with Crippen molar-refractivity contribution >= 4 is 16.8 Å². The Kier molecular flexibility index (Phi) is 6.26. The highest BCUT2D eigenvalue weighted by Crippen LogP contribution is 2.56. The molecule has 2 aliphatic rings. The molecule has 0 heterocycles. The van der Waals surface area contributed by atoms with Crippen molar-refractivity contribution in [2.75, 3.05) is 28.4 Å². The van der Waals surface area contributed by atoms with Crippen LogP contribution in [0.5, 0.6) is 23.0 Å². The van der Waals surface area contributed by atoms with E-state index in [1.54, 1.807) is 28.4 Å². The van der Waals surface area contributed by atoms with Crippen molar-refractivity contribution in [3.05, 3.63) is 124 Å². The first-order valence-corrected chi connectivity index (χ1v) is 14.4. The van der Waals surface area contributed by atoms with E-state index in [1.165, 1.54) is 0 Å². The summed E-state index contributed by atoms with van der Waals surface area (Å²) in [4.78, 5) is 0. The molecule has 5 aromatic carbocycles. The lowest BCUT2D eigenvalue weighted by Gasteiger charge is -2.37. The average Bonchev–Trinajstić information content (AvgIpc) is 3.29. The van der Waals surface area contributed by atoms with E-state index in [0.717, 1.165) is 72.5 Å². The van der Waals surface area contributed by atoms with Crippen LogP contribution < -0.4 is 18.9 Å². The van der Waals surface area contributed by atoms with Crippen LogP contribution in [0.2, 0.25) is 0 Å². The summed E-state index contributed by atoms with van der Waals surface area (Å²) >= 11 is 0. The summed E-state index contributed by atoms with van der Waals surface area (Å²) in [5.41, 5.74) is 6.61. The van der Waals surface area contributed by atoms with Crippen molar-refractivity contribution in [2.45, 2.75) is 24.4 Å². The minimum Gasteiger partial charge on any atom is -0.497 e. The third-order valence-electron chi connectivity index (χ3n) is 9.34. The summed E-state index contributed by atoms with van der Waals surface area (Å²) in [7, 11) is 6.75. The largest absolute Gasteiger partial charge is 0.497 e. The second kappa shape index (κ2) is 9.92. The van der Waals surface area contributed by atoms with E-state index in [0.29, 0.717) is 12.2 Å². The van der Waals surface area contributed by atoms with Gasteiger partial charge in [-0.15, -0.1) is 0 Å². The van der Waals surface area contributed by atoms with E-state index in [4.69, 9.17) is 18.9 Å². The molecule has 2 aliphatic carbocycles. The molecule has 1 unspecified atom stereocenters. The summed E-state index contributed by atoms with van der Waals surface area (Å²) in [6, 6.07) is 28.8. The van der Waals surface area contributed by atoms with Gasteiger partial charge in [-0.05, 0) is 88.7 Å². The Morgan fingerprint density at radius 1 is 0.651 bits per heavy atom. The SMILES string of the molecule is COc1ccc(C2(c3ccc(OC)cc3)C=Cc3c(cc(OC)c4c(OC)cc5c(c34)C(C)(O)c3ccccc3-5)C2)cc1. The first-order valence-electron chi connectivity index (χ1n) is 14.4. The molecule has 5 heteroatoms. The van der Waals surface area contributed by atoms with Crippen molar-refractivity contribution in [3.63, 3.8) is 0 Å². The minimum absolute atomic E-state index is 0.461. The van der Waals surface area contributed by atoms with Crippen LogP contribution in [-0.4, -0.2) is 33.5 Å². The minimum atomic E-state index is -1.19. The molecule has 0 saturated carbocycles. The maximum atomic E-state index is 12.2. The van der Waals surface area contributed by atoms with Crippen molar-refractivity contribution < 1.29 is 24.1 Å². The van der Waals surface area contributed by atoms with Crippen molar-refractivity contribution in [1.82, 2.24) is 0 Å². The number of allylic oxidation sites excluding steroid dienone is 1. The molecule has 0 aliphatic heterocycles. The standard InChI is InChI=1S/C38H34O5/c1-37(39)31-9-7-6-8-29(31)30-21-33(43-5)35-32(42-4)20-23-22-38(19-18-28(23)34(35)36(30)37,24-10-14-26(40-2)15-11-24)25-12-16-27(41-3)17-13-25/h6-21,39H,22H2,1-5H3. The Balaban J connectivity index is 1.53. The highest BCUT2D eigenvalue weighted by Gasteiger charge is 2.42. The normalized spacial score (nSPS) is 17.6. The molecule has 0 saturated heterocycles. The van der Waals surface area contributed by atoms with E-state index in [9.17, 15) is 5.11 Å². The number of hydrogen-bond donors (Lipinski definition) is 1. The topological polar surface area (TPSA) is 57.2 Å². The van der Waals surface area contributed by atoms with Crippen LogP contribution >= 0.6 is 0 Å². The molecule has 0 amide bonds. The van der Waals surface area contributed by atoms with Crippen molar-refractivity contribution in [1.29, 1.82) is 0 Å². The van der Waals surface area contributed by atoms with E-state index >= 15 is 0 Å². The Morgan fingerprint density at radius 2 is 1.23 bits per heavy atom. The van der Waals surface area contributed by atoms with Gasteiger partial charge in [-0.1, -0.05) is 60.7 Å². The van der Waals surface area contributed by atoms with Gasteiger partial charge >= 0.3 is 0 Å². The number of rotatable bonds is 6. The van der Waals surface area contributed by atoms with Gasteiger partial charge in [-0.25, -0.2) is 0 Å². The van der Waals surface area contributed by atoms with Crippen LogP contribution in [0.3, 0.4) is 0 Å². The van der Waals surface area contributed by atoms with Crippen LogP contribution in [0.1, 0.15) is 40.3 Å². The zero-order valence-electron chi connectivity index (χ0n) is 25.0. The maximum Gasteiger partial charge on any atom is 0.131 e. The summed E-state index contributed by atoms with van der Waals surface area (Å²) in [5, 5.41) is 14.0. The monoisotopic (exact) mass is 570 g/mol. The third-order valence-corrected chi connectivity index (χ3v) is 9.34. The molecule has 5 nitrogen and oxygen atoms in total. The summed E-state index contributed by atoms with van der Waals surface area (Å²) < 4.78 is 23.0. The summed E-state index contributed by atoms with van der Waals surface area (Å²) in [6.45, 7) is 1.89. The molecular weight excluding hydrogens is 536 g/mol. The van der Waals surface area contributed by atoms with Gasteiger partial charge in [0.1, 0.15) is 28.6 Å². The van der Waals surface area contributed by atoms with Gasteiger partial charge in [0, 0.05) is 16.4 Å². The molecule has 7 rings (SSSR count). The molecule has 0 fully saturated rings. The van der Waals surface area contributed by atoms with Gasteiger partial charge < -0.3 is 24.1 Å². The number of benzene rings is 5. The second-order valence-corrected chi connectivity index (χ2v) is 11.5. The van der Waals surface area contributed by atoms with Gasteiger partial charge in [0.25, 0.3) is 0 Å². The molecule has 1 atom stereocenters. The van der Waals surface area contributed by atoms with Crippen LogP contribution in [0.25, 0.3) is 28.0 Å². The van der Waals surface area contributed by atoms with Crippen LogP contribution in [0, 0.1) is 0 Å². The predicted octanol–water partition coefficient (Wildman–Crippen LogP) is 7.67. The molecule has 0 aromatic heterocycles. The molecule has 43 heavy (non-hydrogen) atoms. The zero-order valence-corrected chi connectivity index (χ0v) is 25.0. The van der Waals surface area contributed by atoms with E-state index < -0.39 is 11.0 Å². The van der Waals surface area contributed by atoms with E-state index in [-0.39, 0.29) is 0 Å². The van der Waals surface area contributed by atoms with Gasteiger partial charge in [-0.2, -0.15) is 0 Å². The van der Waals surface area contributed by atoms with Gasteiger partial charge in [0.05, 0.1) is 33.8 Å². The molecule has 5 aromatic rings. The van der Waals surface area contributed by atoms with Crippen LogP contribution in [-0.2, 0) is 17.4 Å². The number of aliphatic hydroxyl groups is 1. The quantitative estimate of drug-likeness (QED) is 0.227. The molecule has 0 spiro atoms. The Bertz CT molecular complexity index is 1850. The van der Waals surface area contributed by atoms with Gasteiger partial charge in [-0.3, -0.25) is 0 Å². The second-order valence-electron chi connectivity index (χ2n) is 11.5. The third kappa shape index (κ3) is 3.88. The number of methoxy groups -OCH3 is 4. The molecular formula is C38H34O5. The molecule has 216 valence electrons. The fraction of sp³-hybridized carbons (Fsp3) is 0.211. The molecule has 0 radical (unpaired) electrons. The average molecular weight is 571 g/mol. The van der Waals surface area contributed by atoms with Crippen LogP contribution in [0.4, 0.5) is 0 Å². The molecule has 0 bridgehead atoms. The lowest BCUT2D eigenvalue weighted by atomic mass is 9.66. The van der Waals surface area contributed by atoms with Gasteiger partial charge in [0.15, 0.2) is 0 Å². The predicted molar refractivity (Wildman–Crippen MR) is 171 cm³/mol. The highest BCUT2D eigenvalue weighted by molar-refractivity contribution is 6.08. The lowest BCUT2D eigenvalue weighted by molar-refractivity contribution is 0.109. The van der Waals surface area contributed by atoms with Crippen molar-refractivity contribution in [2.24, 2.45) is 0 Å². The number of ether oxygens (including phenoxy) is 4. The smallest absolute Gasteiger partial charge is 0.131 e. The zero-order chi connectivity index (χ0) is 29.9. The maximum absolute atomic E-state index is 12.2. The first kappa shape index (κ1) is 27.1. The van der Waals surface area contributed by atoms with Crippen molar-refractivity contribution in [3.8, 4) is 34.1 Å². The Labute approximate surface area is 251 Å². The Morgan fingerprint density at radius 3 is 1.81 bits per heavy atom. The lowest BCUT2D eigenvalue weighted by Crippen LogP contribution is -2.31. The summed E-state index contributed by atoms with van der Waals surface area (Å²) in [5.74, 6) is 3.06. The van der Waals surface area contributed by atoms with E-state index in [1.807, 2.05) is 55.5 Å². The van der Waals surface area contributed by atoms with Crippen LogP contribution in [0.15, 0.2) is 91.0 Å². The fourth-order valence-electron chi connectivity index (χ4n) is 7.22. The number of hydrogen-bond acceptors (Lipinski definition) is 5. The highest BCUT2D eigenvalue weighted by atomic mass is 16.5. The Hall–Kier alpha value is -4.74. The van der Waals surface area contributed by atoms with Gasteiger partial charge in [0.2, 0.25) is 0 Å². The van der Waals surface area contributed by atoms with E-state index in [2.05, 4.69) is 48.6 Å². The fourth-order valence-corrected chi connectivity index (χ4v) is 7.22. The first-order chi connectivity index (χ1) is 20.9. The number of fused-ring (bicyclic) bond motifs is 7.